The third-order valence-electron chi connectivity index (χ3n) is 4.08. The van der Waals surface area contributed by atoms with Gasteiger partial charge in [-0.05, 0) is 29.3 Å². The van der Waals surface area contributed by atoms with Crippen LogP contribution in [0.1, 0.15) is 11.1 Å². The fourth-order valence-electron chi connectivity index (χ4n) is 2.87. The number of ether oxygens (including phenoxy) is 1. The standard InChI is InChI=1S/C19H16ClN3O2/c20-15-6-7-17-14(8-15)9-18(25-17)19(24)22-16-10-21-23(12-16)11-13-4-2-1-3-5-13/h1-8,10,12,18H,9,11H2,(H,22,24)/t18-/m1/s1. The van der Waals surface area contributed by atoms with Crippen molar-refractivity contribution in [3.05, 3.63) is 77.1 Å². The Labute approximate surface area is 150 Å². The van der Waals surface area contributed by atoms with E-state index in [4.69, 9.17) is 16.3 Å². The first kappa shape index (κ1) is 15.7. The molecule has 6 heteroatoms. The van der Waals surface area contributed by atoms with Gasteiger partial charge >= 0.3 is 0 Å². The molecule has 25 heavy (non-hydrogen) atoms. The van der Waals surface area contributed by atoms with Gasteiger partial charge in [-0.25, -0.2) is 0 Å². The van der Waals surface area contributed by atoms with Crippen LogP contribution in [0.3, 0.4) is 0 Å². The highest BCUT2D eigenvalue weighted by Gasteiger charge is 2.29. The van der Waals surface area contributed by atoms with E-state index in [-0.39, 0.29) is 5.91 Å². The molecule has 0 fully saturated rings. The van der Waals surface area contributed by atoms with Gasteiger partial charge in [0.15, 0.2) is 6.10 Å². The molecule has 0 unspecified atom stereocenters. The Bertz CT molecular complexity index is 908. The maximum absolute atomic E-state index is 12.4. The second-order valence-corrected chi connectivity index (χ2v) is 6.40. The van der Waals surface area contributed by atoms with Crippen LogP contribution in [0.15, 0.2) is 60.9 Å². The molecular weight excluding hydrogens is 338 g/mol. The summed E-state index contributed by atoms with van der Waals surface area (Å²) in [7, 11) is 0. The first-order valence-electron chi connectivity index (χ1n) is 8.00. The van der Waals surface area contributed by atoms with E-state index in [0.717, 1.165) is 11.1 Å². The summed E-state index contributed by atoms with van der Waals surface area (Å²) in [6.07, 6.45) is 3.41. The molecule has 0 radical (unpaired) electrons. The average molecular weight is 354 g/mol. The molecular formula is C19H16ClN3O2. The lowest BCUT2D eigenvalue weighted by molar-refractivity contribution is -0.122. The third kappa shape index (κ3) is 3.51. The van der Waals surface area contributed by atoms with E-state index in [9.17, 15) is 4.79 Å². The van der Waals surface area contributed by atoms with Gasteiger partial charge in [0.25, 0.3) is 5.91 Å². The van der Waals surface area contributed by atoms with Crippen LogP contribution in [0.4, 0.5) is 5.69 Å². The van der Waals surface area contributed by atoms with E-state index >= 15 is 0 Å². The van der Waals surface area contributed by atoms with Crippen molar-refractivity contribution in [3.63, 3.8) is 0 Å². The van der Waals surface area contributed by atoms with Crippen LogP contribution < -0.4 is 10.1 Å². The Morgan fingerprint density at radius 2 is 2.12 bits per heavy atom. The van der Waals surface area contributed by atoms with Crippen LogP contribution in [0.25, 0.3) is 0 Å². The first-order valence-corrected chi connectivity index (χ1v) is 8.37. The third-order valence-corrected chi connectivity index (χ3v) is 4.31. The molecule has 1 aromatic heterocycles. The molecule has 4 rings (SSSR count). The van der Waals surface area contributed by atoms with Crippen molar-refractivity contribution in [1.82, 2.24) is 9.78 Å². The Hall–Kier alpha value is -2.79. The molecule has 1 aliphatic rings. The number of fused-ring (bicyclic) bond motifs is 1. The zero-order valence-corrected chi connectivity index (χ0v) is 14.1. The van der Waals surface area contributed by atoms with Gasteiger partial charge in [-0.15, -0.1) is 0 Å². The maximum Gasteiger partial charge on any atom is 0.265 e. The molecule has 126 valence electrons. The average Bonchev–Trinajstić information content (AvgIpc) is 3.22. The lowest BCUT2D eigenvalue weighted by Gasteiger charge is -2.09. The summed E-state index contributed by atoms with van der Waals surface area (Å²) in [4.78, 5) is 12.4. The van der Waals surface area contributed by atoms with Crippen molar-refractivity contribution in [1.29, 1.82) is 0 Å². The normalized spacial score (nSPS) is 15.5. The van der Waals surface area contributed by atoms with Crippen LogP contribution in [0.5, 0.6) is 5.75 Å². The van der Waals surface area contributed by atoms with E-state index in [2.05, 4.69) is 10.4 Å². The number of aromatic nitrogens is 2. The molecule has 5 nitrogen and oxygen atoms in total. The molecule has 1 N–H and O–H groups in total. The number of hydrogen-bond donors (Lipinski definition) is 1. The summed E-state index contributed by atoms with van der Waals surface area (Å²) in [5, 5.41) is 7.79. The minimum absolute atomic E-state index is 0.188. The molecule has 1 atom stereocenters. The quantitative estimate of drug-likeness (QED) is 0.780. The van der Waals surface area contributed by atoms with E-state index in [1.165, 1.54) is 0 Å². The summed E-state index contributed by atoms with van der Waals surface area (Å²) in [6.45, 7) is 0.653. The van der Waals surface area contributed by atoms with E-state index < -0.39 is 6.10 Å². The molecule has 0 saturated heterocycles. The van der Waals surface area contributed by atoms with Crippen LogP contribution in [0, 0.1) is 0 Å². The lowest BCUT2D eigenvalue weighted by Crippen LogP contribution is -2.31. The summed E-state index contributed by atoms with van der Waals surface area (Å²) >= 11 is 5.98. The fraction of sp³-hybridized carbons (Fsp3) is 0.158. The van der Waals surface area contributed by atoms with E-state index in [1.807, 2.05) is 42.6 Å². The van der Waals surface area contributed by atoms with Gasteiger partial charge in [-0.1, -0.05) is 41.9 Å². The highest BCUT2D eigenvalue weighted by Crippen LogP contribution is 2.31. The Balaban J connectivity index is 1.39. The van der Waals surface area contributed by atoms with Gasteiger partial charge in [0.2, 0.25) is 0 Å². The number of halogens is 1. The van der Waals surface area contributed by atoms with Crippen molar-refractivity contribution in [2.24, 2.45) is 0 Å². The van der Waals surface area contributed by atoms with Gasteiger partial charge < -0.3 is 10.1 Å². The highest BCUT2D eigenvalue weighted by molar-refractivity contribution is 6.30. The zero-order chi connectivity index (χ0) is 17.2. The van der Waals surface area contributed by atoms with Crippen molar-refractivity contribution in [2.75, 3.05) is 5.32 Å². The fourth-order valence-corrected chi connectivity index (χ4v) is 3.07. The predicted octanol–water partition coefficient (Wildman–Crippen LogP) is 3.53. The van der Waals surface area contributed by atoms with Crippen LogP contribution in [-0.4, -0.2) is 21.8 Å². The number of nitrogens with one attached hydrogen (secondary N) is 1. The SMILES string of the molecule is O=C(Nc1cnn(Cc2ccccc2)c1)[C@H]1Cc2cc(Cl)ccc2O1. The summed E-state index contributed by atoms with van der Waals surface area (Å²) in [6, 6.07) is 15.4. The number of benzene rings is 2. The van der Waals surface area contributed by atoms with Gasteiger partial charge in [0.05, 0.1) is 18.4 Å². The van der Waals surface area contributed by atoms with Gasteiger partial charge in [0, 0.05) is 17.6 Å². The number of hydrogen-bond acceptors (Lipinski definition) is 3. The van der Waals surface area contributed by atoms with E-state index in [0.29, 0.717) is 29.4 Å². The lowest BCUT2D eigenvalue weighted by atomic mass is 10.1. The number of nitrogens with zero attached hydrogens (tertiary/aromatic N) is 2. The number of rotatable bonds is 4. The predicted molar refractivity (Wildman–Crippen MR) is 96.0 cm³/mol. The van der Waals surface area contributed by atoms with Crippen molar-refractivity contribution in [3.8, 4) is 5.75 Å². The minimum atomic E-state index is -0.550. The van der Waals surface area contributed by atoms with Crippen molar-refractivity contribution in [2.45, 2.75) is 19.1 Å². The first-order chi connectivity index (χ1) is 12.2. The van der Waals surface area contributed by atoms with Crippen LogP contribution in [0.2, 0.25) is 5.02 Å². The molecule has 3 aromatic rings. The smallest absolute Gasteiger partial charge is 0.265 e. The Morgan fingerprint density at radius 1 is 1.28 bits per heavy atom. The van der Waals surface area contributed by atoms with Gasteiger partial charge in [-0.2, -0.15) is 5.10 Å². The molecule has 2 heterocycles. The summed E-state index contributed by atoms with van der Waals surface area (Å²) < 4.78 is 7.49. The summed E-state index contributed by atoms with van der Waals surface area (Å²) in [5.41, 5.74) is 2.75. The highest BCUT2D eigenvalue weighted by atomic mass is 35.5. The Kier molecular flexibility index (Phi) is 4.15. The van der Waals surface area contributed by atoms with Crippen molar-refractivity contribution >= 4 is 23.2 Å². The number of carbonyl (C=O) groups is 1. The molecule has 0 bridgehead atoms. The minimum Gasteiger partial charge on any atom is -0.480 e. The monoisotopic (exact) mass is 353 g/mol. The molecule has 1 amide bonds. The van der Waals surface area contributed by atoms with Crippen LogP contribution >= 0.6 is 11.6 Å². The molecule has 0 spiro atoms. The maximum atomic E-state index is 12.4. The number of anilines is 1. The second kappa shape index (κ2) is 6.61. The topological polar surface area (TPSA) is 56.2 Å². The summed E-state index contributed by atoms with van der Waals surface area (Å²) in [5.74, 6) is 0.524. The van der Waals surface area contributed by atoms with Crippen molar-refractivity contribution < 1.29 is 9.53 Å². The largest absolute Gasteiger partial charge is 0.480 e. The Morgan fingerprint density at radius 3 is 2.96 bits per heavy atom. The van der Waals surface area contributed by atoms with Gasteiger partial charge in [0.1, 0.15) is 5.75 Å². The molecule has 2 aromatic carbocycles. The second-order valence-electron chi connectivity index (χ2n) is 5.96. The van der Waals surface area contributed by atoms with Crippen LogP contribution in [-0.2, 0) is 17.8 Å². The zero-order valence-electron chi connectivity index (χ0n) is 13.4. The molecule has 1 aliphatic heterocycles. The van der Waals surface area contributed by atoms with E-state index in [1.54, 1.807) is 23.0 Å². The molecule has 0 saturated carbocycles. The van der Waals surface area contributed by atoms with Gasteiger partial charge in [-0.3, -0.25) is 9.48 Å². The number of carbonyl (C=O) groups excluding carboxylic acids is 1. The number of amides is 1. The molecule has 0 aliphatic carbocycles.